The van der Waals surface area contributed by atoms with Crippen molar-refractivity contribution in [1.29, 1.82) is 0 Å². The molecule has 2 aromatic carbocycles. The fourth-order valence-corrected chi connectivity index (χ4v) is 3.04. The fraction of sp³-hybridized carbons (Fsp3) is 0.200. The minimum absolute atomic E-state index is 0.0453. The molecule has 0 saturated heterocycles. The molecule has 0 atom stereocenters. The monoisotopic (exact) mass is 390 g/mol. The lowest BCUT2D eigenvalue weighted by atomic mass is 10.00. The molecule has 1 heterocycles. The topological polar surface area (TPSA) is 55.1 Å². The highest BCUT2D eigenvalue weighted by Gasteiger charge is 2.54. The van der Waals surface area contributed by atoms with Crippen molar-refractivity contribution in [3.05, 3.63) is 71.7 Å². The number of carbonyl (C=O) groups is 1. The molecule has 1 aliphatic carbocycles. The van der Waals surface area contributed by atoms with Crippen LogP contribution in [0.3, 0.4) is 0 Å². The molecular weight excluding hydrogens is 376 g/mol. The zero-order valence-electron chi connectivity index (χ0n) is 14.4. The second-order valence-electron chi connectivity index (χ2n) is 6.67. The summed E-state index contributed by atoms with van der Waals surface area (Å²) in [6.07, 6.45) is -3.55. The highest BCUT2D eigenvalue weighted by molar-refractivity contribution is 6.01. The molecule has 8 heteroatoms. The van der Waals surface area contributed by atoms with E-state index in [0.29, 0.717) is 18.5 Å². The number of carbonyl (C=O) groups excluding carboxylic acids is 1. The van der Waals surface area contributed by atoms with Gasteiger partial charge in [-0.3, -0.25) is 4.79 Å². The van der Waals surface area contributed by atoms with E-state index in [2.05, 4.69) is 10.5 Å². The van der Waals surface area contributed by atoms with Gasteiger partial charge in [0.2, 0.25) is 5.91 Å². The lowest BCUT2D eigenvalue weighted by Gasteiger charge is -2.14. The molecule has 1 saturated carbocycles. The minimum atomic E-state index is -4.50. The predicted octanol–water partition coefficient (Wildman–Crippen LogP) is 5.17. The molecule has 28 heavy (non-hydrogen) atoms. The van der Waals surface area contributed by atoms with Crippen LogP contribution in [0.5, 0.6) is 0 Å². The molecule has 1 aromatic heterocycles. The third-order valence-electron chi connectivity index (χ3n) is 4.77. The molecule has 0 bridgehead atoms. The lowest BCUT2D eigenvalue weighted by Crippen LogP contribution is -2.28. The maximum absolute atomic E-state index is 13.9. The van der Waals surface area contributed by atoms with Crippen LogP contribution in [0.4, 0.5) is 23.2 Å². The highest BCUT2D eigenvalue weighted by Crippen LogP contribution is 2.49. The van der Waals surface area contributed by atoms with Crippen LogP contribution in [0.15, 0.2) is 59.1 Å². The molecule has 0 radical (unpaired) electrons. The van der Waals surface area contributed by atoms with Gasteiger partial charge in [0.15, 0.2) is 5.76 Å². The first-order valence-electron chi connectivity index (χ1n) is 8.50. The van der Waals surface area contributed by atoms with Crippen molar-refractivity contribution in [2.75, 3.05) is 5.32 Å². The number of amides is 1. The summed E-state index contributed by atoms with van der Waals surface area (Å²) in [6.45, 7) is 0. The van der Waals surface area contributed by atoms with Crippen molar-refractivity contribution in [1.82, 2.24) is 5.16 Å². The Morgan fingerprint density at radius 1 is 1.07 bits per heavy atom. The number of nitrogens with one attached hydrogen (secondary N) is 1. The van der Waals surface area contributed by atoms with Crippen molar-refractivity contribution in [2.24, 2.45) is 0 Å². The number of halogens is 4. The van der Waals surface area contributed by atoms with Crippen LogP contribution in [0.25, 0.3) is 11.3 Å². The van der Waals surface area contributed by atoms with Gasteiger partial charge in [-0.15, -0.1) is 0 Å². The van der Waals surface area contributed by atoms with Crippen molar-refractivity contribution in [2.45, 2.75) is 24.4 Å². The third kappa shape index (κ3) is 3.26. The number of rotatable bonds is 4. The number of nitrogens with zero attached hydrogens (tertiary/aromatic N) is 1. The van der Waals surface area contributed by atoms with Gasteiger partial charge in [-0.05, 0) is 43.2 Å². The second kappa shape index (κ2) is 6.47. The Hall–Kier alpha value is -3.16. The Balaban J connectivity index is 1.57. The summed E-state index contributed by atoms with van der Waals surface area (Å²) in [4.78, 5) is 12.7. The first kappa shape index (κ1) is 18.2. The predicted molar refractivity (Wildman–Crippen MR) is 92.9 cm³/mol. The average molecular weight is 390 g/mol. The second-order valence-corrected chi connectivity index (χ2v) is 6.67. The number of hydrogen-bond donors (Lipinski definition) is 1. The van der Waals surface area contributed by atoms with Crippen molar-refractivity contribution >= 4 is 11.6 Å². The van der Waals surface area contributed by atoms with Gasteiger partial charge in [0.05, 0.1) is 22.2 Å². The highest BCUT2D eigenvalue weighted by atomic mass is 19.4. The van der Waals surface area contributed by atoms with Gasteiger partial charge in [-0.1, -0.05) is 23.4 Å². The van der Waals surface area contributed by atoms with Gasteiger partial charge in [0.1, 0.15) is 5.82 Å². The summed E-state index contributed by atoms with van der Waals surface area (Å²) < 4.78 is 57.7. The Morgan fingerprint density at radius 2 is 1.82 bits per heavy atom. The van der Waals surface area contributed by atoms with Crippen LogP contribution in [0, 0.1) is 5.82 Å². The Labute approximate surface area is 157 Å². The summed E-state index contributed by atoms with van der Waals surface area (Å²) >= 11 is 0. The number of benzene rings is 2. The van der Waals surface area contributed by atoms with Crippen LogP contribution in [-0.4, -0.2) is 11.1 Å². The van der Waals surface area contributed by atoms with E-state index < -0.39 is 28.9 Å². The van der Waals surface area contributed by atoms with E-state index in [4.69, 9.17) is 4.52 Å². The molecule has 4 nitrogen and oxygen atoms in total. The van der Waals surface area contributed by atoms with Crippen LogP contribution < -0.4 is 5.32 Å². The van der Waals surface area contributed by atoms with Gasteiger partial charge < -0.3 is 9.84 Å². The molecule has 144 valence electrons. The van der Waals surface area contributed by atoms with E-state index in [9.17, 15) is 22.4 Å². The van der Waals surface area contributed by atoms with E-state index in [1.807, 2.05) is 0 Å². The molecule has 1 N–H and O–H groups in total. The van der Waals surface area contributed by atoms with Crippen molar-refractivity contribution < 1.29 is 26.9 Å². The Bertz CT molecular complexity index is 1040. The molecule has 0 spiro atoms. The lowest BCUT2D eigenvalue weighted by molar-refractivity contribution is -0.137. The normalized spacial score (nSPS) is 15.3. The van der Waals surface area contributed by atoms with E-state index in [-0.39, 0.29) is 17.0 Å². The molecule has 1 fully saturated rings. The molecular formula is C20H14F4N2O2. The maximum Gasteiger partial charge on any atom is 0.416 e. The Morgan fingerprint density at radius 3 is 2.50 bits per heavy atom. The van der Waals surface area contributed by atoms with Crippen molar-refractivity contribution in [3.63, 3.8) is 0 Å². The summed E-state index contributed by atoms with van der Waals surface area (Å²) in [5, 5.41) is 6.43. The number of aromatic nitrogens is 1. The fourth-order valence-electron chi connectivity index (χ4n) is 3.04. The van der Waals surface area contributed by atoms with Crippen LogP contribution in [-0.2, 0) is 16.4 Å². The van der Waals surface area contributed by atoms with Gasteiger partial charge in [-0.25, -0.2) is 4.39 Å². The largest absolute Gasteiger partial charge is 0.416 e. The third-order valence-corrected chi connectivity index (χ3v) is 4.77. The van der Waals surface area contributed by atoms with Crippen LogP contribution >= 0.6 is 0 Å². The van der Waals surface area contributed by atoms with Gasteiger partial charge in [0, 0.05) is 11.8 Å². The zero-order chi connectivity index (χ0) is 19.9. The standard InChI is InChI=1S/C20H14F4N2O2/c21-15-7-2-1-6-14(15)16-11-17(26-28-16)19(8-9-19)18(27)25-13-5-3-4-12(10-13)20(22,23)24/h1-7,10-11H,8-9H2,(H,25,27). The molecule has 1 amide bonds. The number of alkyl halides is 3. The molecule has 3 aromatic rings. The van der Waals surface area contributed by atoms with E-state index in [0.717, 1.165) is 12.1 Å². The first-order chi connectivity index (χ1) is 13.3. The van der Waals surface area contributed by atoms with E-state index in [1.165, 1.54) is 30.3 Å². The number of hydrogen-bond acceptors (Lipinski definition) is 3. The van der Waals surface area contributed by atoms with Crippen molar-refractivity contribution in [3.8, 4) is 11.3 Å². The molecule has 0 unspecified atom stereocenters. The molecule has 0 aliphatic heterocycles. The summed E-state index contributed by atoms with van der Waals surface area (Å²) in [5.74, 6) is -0.769. The first-order valence-corrected chi connectivity index (χ1v) is 8.50. The van der Waals surface area contributed by atoms with E-state index in [1.54, 1.807) is 12.1 Å². The number of anilines is 1. The summed E-state index contributed by atoms with van der Waals surface area (Å²) in [5.41, 5.74) is -1.24. The van der Waals surface area contributed by atoms with E-state index >= 15 is 0 Å². The van der Waals surface area contributed by atoms with Gasteiger partial charge in [-0.2, -0.15) is 13.2 Å². The minimum Gasteiger partial charge on any atom is -0.356 e. The SMILES string of the molecule is O=C(Nc1cccc(C(F)(F)F)c1)C1(c2cc(-c3ccccc3F)on2)CC1. The zero-order valence-corrected chi connectivity index (χ0v) is 14.4. The Kier molecular flexibility index (Phi) is 4.21. The van der Waals surface area contributed by atoms with Gasteiger partial charge >= 0.3 is 6.18 Å². The average Bonchev–Trinajstić information content (AvgIpc) is 3.33. The molecule has 1 aliphatic rings. The van der Waals surface area contributed by atoms with Crippen LogP contribution in [0.2, 0.25) is 0 Å². The van der Waals surface area contributed by atoms with Gasteiger partial charge in [0.25, 0.3) is 0 Å². The smallest absolute Gasteiger partial charge is 0.356 e. The summed E-state index contributed by atoms with van der Waals surface area (Å²) in [6, 6.07) is 11.9. The molecule has 4 rings (SSSR count). The van der Waals surface area contributed by atoms with Crippen LogP contribution in [0.1, 0.15) is 24.1 Å². The maximum atomic E-state index is 13.9. The quantitative estimate of drug-likeness (QED) is 0.626. The summed E-state index contributed by atoms with van der Waals surface area (Å²) in [7, 11) is 0.